The zero-order chi connectivity index (χ0) is 21.9. The van der Waals surface area contributed by atoms with E-state index in [0.717, 1.165) is 22.5 Å². The molecule has 9 heteroatoms. The third kappa shape index (κ3) is 4.98. The Labute approximate surface area is 186 Å². The minimum Gasteiger partial charge on any atom is -0.361 e. The highest BCUT2D eigenvalue weighted by atomic mass is 35.5. The van der Waals surface area contributed by atoms with Gasteiger partial charge in [-0.05, 0) is 26.0 Å². The Bertz CT molecular complexity index is 1180. The number of aromatic nitrogens is 2. The van der Waals surface area contributed by atoms with E-state index in [4.69, 9.17) is 23.2 Å². The topological polar surface area (TPSA) is 75.2 Å². The fourth-order valence-corrected chi connectivity index (χ4v) is 4.02. The Balaban J connectivity index is 2.05. The number of nitrogens with zero attached hydrogens (tertiary/aromatic N) is 2. The lowest BCUT2D eigenvalue weighted by Gasteiger charge is -2.07. The number of aryl methyl sites for hydroxylation is 2. The third-order valence-electron chi connectivity index (χ3n) is 4.99. The van der Waals surface area contributed by atoms with Crippen molar-refractivity contribution >= 4 is 56.1 Å². The molecule has 30 heavy (non-hydrogen) atoms. The van der Waals surface area contributed by atoms with E-state index in [9.17, 15) is 13.0 Å². The van der Waals surface area contributed by atoms with E-state index in [2.05, 4.69) is 9.88 Å². The third-order valence-corrected chi connectivity index (χ3v) is 6.97. The average Bonchev–Trinajstić information content (AvgIpc) is 2.98. The molecule has 2 aromatic carbocycles. The largest absolute Gasteiger partial charge is 0.361 e. The molecular formula is C21H24Cl2N3O3S+. The smallest absolute Gasteiger partial charge is 0.283 e. The molecule has 160 valence electrons. The molecule has 0 radical (unpaired) electrons. The monoisotopic (exact) mass is 468 g/mol. The highest BCUT2D eigenvalue weighted by molar-refractivity contribution is 7.86. The first-order valence-corrected chi connectivity index (χ1v) is 11.8. The van der Waals surface area contributed by atoms with Gasteiger partial charge in [-0.2, -0.15) is 8.42 Å². The van der Waals surface area contributed by atoms with Gasteiger partial charge in [0.25, 0.3) is 15.9 Å². The van der Waals surface area contributed by atoms with Gasteiger partial charge in [0.1, 0.15) is 0 Å². The van der Waals surface area contributed by atoms with E-state index < -0.39 is 15.4 Å². The Morgan fingerprint density at radius 3 is 2.50 bits per heavy atom. The van der Waals surface area contributed by atoms with Crippen LogP contribution >= 0.6 is 23.2 Å². The van der Waals surface area contributed by atoms with Crippen molar-refractivity contribution in [1.82, 2.24) is 4.57 Å². The molecule has 0 aliphatic carbocycles. The summed E-state index contributed by atoms with van der Waals surface area (Å²) in [5.74, 6) is 0.858. The molecule has 0 saturated heterocycles. The van der Waals surface area contributed by atoms with E-state index in [0.29, 0.717) is 23.1 Å². The van der Waals surface area contributed by atoms with Crippen LogP contribution in [0.1, 0.15) is 26.1 Å². The standard InChI is InChI=1S/C21H23Cl2N3O3S/c1-3-25-19-13-17(22)18(23)14-20(19)26(12-10-15(2)30(27,28)29)21(25)9-11-24-16-7-5-4-6-8-16/h4-9,11,13-15H,3,10,12H2,1-2H3,(H,27,28,29)/p+1. The number of hydrogen-bond acceptors (Lipinski definition) is 3. The molecule has 0 aliphatic rings. The Morgan fingerprint density at radius 1 is 1.20 bits per heavy atom. The number of imidazole rings is 1. The summed E-state index contributed by atoms with van der Waals surface area (Å²) in [6.45, 7) is 4.58. The lowest BCUT2D eigenvalue weighted by molar-refractivity contribution is -0.674. The van der Waals surface area contributed by atoms with Crippen molar-refractivity contribution < 1.29 is 17.5 Å². The van der Waals surface area contributed by atoms with E-state index in [1.807, 2.05) is 60.2 Å². The molecule has 2 N–H and O–H groups in total. The summed E-state index contributed by atoms with van der Waals surface area (Å²) in [4.78, 5) is 0. The minimum absolute atomic E-state index is 0.250. The summed E-state index contributed by atoms with van der Waals surface area (Å²) < 4.78 is 36.4. The summed E-state index contributed by atoms with van der Waals surface area (Å²) in [6.07, 6.45) is 4.01. The van der Waals surface area contributed by atoms with Crippen molar-refractivity contribution in [3.63, 3.8) is 0 Å². The van der Waals surface area contributed by atoms with E-state index in [-0.39, 0.29) is 6.42 Å². The second-order valence-electron chi connectivity index (χ2n) is 6.97. The van der Waals surface area contributed by atoms with Gasteiger partial charge in [0.2, 0.25) is 0 Å². The normalized spacial score (nSPS) is 13.2. The Kier molecular flexibility index (Phi) is 7.08. The number of benzene rings is 2. The SMILES string of the molecule is CCn1c(/C=C/Nc2ccccc2)[n+](CCC(C)S(=O)(=O)O)c2cc(Cl)c(Cl)cc21. The van der Waals surface area contributed by atoms with Crippen LogP contribution in [0.5, 0.6) is 0 Å². The van der Waals surface area contributed by atoms with Crippen molar-refractivity contribution in [1.29, 1.82) is 0 Å². The Morgan fingerprint density at radius 2 is 1.87 bits per heavy atom. The van der Waals surface area contributed by atoms with Gasteiger partial charge in [-0.3, -0.25) is 4.55 Å². The van der Waals surface area contributed by atoms with Crippen molar-refractivity contribution in [2.75, 3.05) is 5.32 Å². The number of hydrogen-bond donors (Lipinski definition) is 2. The molecule has 0 saturated carbocycles. The van der Waals surface area contributed by atoms with Crippen LogP contribution in [0.15, 0.2) is 48.7 Å². The summed E-state index contributed by atoms with van der Waals surface area (Å²) in [5.41, 5.74) is 2.68. The van der Waals surface area contributed by atoms with Gasteiger partial charge in [0.15, 0.2) is 11.0 Å². The molecule has 3 rings (SSSR count). The lowest BCUT2D eigenvalue weighted by atomic mass is 10.3. The first kappa shape index (κ1) is 22.6. The van der Waals surface area contributed by atoms with Gasteiger partial charge in [-0.15, -0.1) is 0 Å². The number of nitrogens with one attached hydrogen (secondary N) is 1. The number of rotatable bonds is 8. The predicted molar refractivity (Wildman–Crippen MR) is 123 cm³/mol. The van der Waals surface area contributed by atoms with Gasteiger partial charge in [0, 0.05) is 36.5 Å². The van der Waals surface area contributed by atoms with Crippen LogP contribution in [0, 0.1) is 0 Å². The molecule has 1 heterocycles. The van der Waals surface area contributed by atoms with Crippen LogP contribution in [0.4, 0.5) is 5.69 Å². The summed E-state index contributed by atoms with van der Waals surface area (Å²) in [5, 5.41) is 3.23. The second-order valence-corrected chi connectivity index (χ2v) is 9.62. The highest BCUT2D eigenvalue weighted by Crippen LogP contribution is 2.28. The van der Waals surface area contributed by atoms with E-state index in [1.165, 1.54) is 6.92 Å². The average molecular weight is 469 g/mol. The molecule has 1 aromatic heterocycles. The van der Waals surface area contributed by atoms with Crippen LogP contribution in [0.25, 0.3) is 17.1 Å². The maximum atomic E-state index is 11.5. The Hall–Kier alpha value is -2.06. The molecule has 0 fully saturated rings. The molecular weight excluding hydrogens is 445 g/mol. The molecule has 3 aromatic rings. The maximum absolute atomic E-state index is 11.5. The van der Waals surface area contributed by atoms with Crippen LogP contribution in [0.2, 0.25) is 10.0 Å². The molecule has 0 spiro atoms. The molecule has 1 atom stereocenters. The van der Waals surface area contributed by atoms with Crippen LogP contribution in [0.3, 0.4) is 0 Å². The molecule has 1 unspecified atom stereocenters. The number of para-hydroxylation sites is 1. The lowest BCUT2D eigenvalue weighted by Crippen LogP contribution is -2.39. The van der Waals surface area contributed by atoms with Gasteiger partial charge in [0.05, 0.1) is 28.4 Å². The van der Waals surface area contributed by atoms with Crippen molar-refractivity contribution in [3.05, 3.63) is 64.5 Å². The highest BCUT2D eigenvalue weighted by Gasteiger charge is 2.26. The molecule has 0 aliphatic heterocycles. The van der Waals surface area contributed by atoms with E-state index >= 15 is 0 Å². The van der Waals surface area contributed by atoms with Crippen LogP contribution in [-0.4, -0.2) is 22.8 Å². The number of fused-ring (bicyclic) bond motifs is 1. The quantitative estimate of drug-likeness (QED) is 0.360. The van der Waals surface area contributed by atoms with Crippen LogP contribution < -0.4 is 9.88 Å². The van der Waals surface area contributed by atoms with Gasteiger partial charge >= 0.3 is 0 Å². The number of halogens is 2. The predicted octanol–water partition coefficient (Wildman–Crippen LogP) is 5.00. The van der Waals surface area contributed by atoms with Crippen LogP contribution in [-0.2, 0) is 23.2 Å². The summed E-state index contributed by atoms with van der Waals surface area (Å²) in [6, 6.07) is 13.4. The van der Waals surface area contributed by atoms with Crippen molar-refractivity contribution in [2.24, 2.45) is 0 Å². The van der Waals surface area contributed by atoms with Crippen molar-refractivity contribution in [3.8, 4) is 0 Å². The van der Waals surface area contributed by atoms with Gasteiger partial charge in [-0.1, -0.05) is 41.4 Å². The number of anilines is 1. The summed E-state index contributed by atoms with van der Waals surface area (Å²) in [7, 11) is -4.10. The zero-order valence-corrected chi connectivity index (χ0v) is 19.0. The first-order chi connectivity index (χ1) is 14.2. The van der Waals surface area contributed by atoms with Gasteiger partial charge < -0.3 is 5.32 Å². The minimum atomic E-state index is -4.10. The first-order valence-electron chi connectivity index (χ1n) is 9.58. The molecule has 0 bridgehead atoms. The van der Waals surface area contributed by atoms with Gasteiger partial charge in [-0.25, -0.2) is 9.13 Å². The molecule has 6 nitrogen and oxygen atoms in total. The fourth-order valence-electron chi connectivity index (χ4n) is 3.30. The summed E-state index contributed by atoms with van der Waals surface area (Å²) >= 11 is 12.5. The van der Waals surface area contributed by atoms with E-state index in [1.54, 1.807) is 6.07 Å². The second kappa shape index (κ2) is 9.39. The fraction of sp³-hybridized carbons (Fsp3) is 0.286. The van der Waals surface area contributed by atoms with Crippen molar-refractivity contribution in [2.45, 2.75) is 38.6 Å². The zero-order valence-electron chi connectivity index (χ0n) is 16.7. The molecule has 0 amide bonds. The maximum Gasteiger partial charge on any atom is 0.283 e.